The number of hydrogen-bond acceptors (Lipinski definition) is 7. The molecule has 0 saturated carbocycles. The van der Waals surface area contributed by atoms with Gasteiger partial charge in [0, 0.05) is 24.5 Å². The summed E-state index contributed by atoms with van der Waals surface area (Å²) in [7, 11) is -3.23. The van der Waals surface area contributed by atoms with E-state index in [0.29, 0.717) is 28.4 Å². The van der Waals surface area contributed by atoms with Gasteiger partial charge in [0.1, 0.15) is 9.71 Å². The molecule has 3 heterocycles. The third kappa shape index (κ3) is 2.96. The average Bonchev–Trinajstić information content (AvgIpc) is 3.08. The second-order valence-electron chi connectivity index (χ2n) is 6.02. The van der Waals surface area contributed by atoms with E-state index in [4.69, 9.17) is 5.73 Å². The summed E-state index contributed by atoms with van der Waals surface area (Å²) in [4.78, 5) is 13.6. The Balaban J connectivity index is 1.83. The predicted molar refractivity (Wildman–Crippen MR) is 93.6 cm³/mol. The summed E-state index contributed by atoms with van der Waals surface area (Å²) in [6.45, 7) is 4.44. The predicted octanol–water partition coefficient (Wildman–Crippen LogP) is 0.654. The molecule has 2 aromatic rings. The van der Waals surface area contributed by atoms with Gasteiger partial charge >= 0.3 is 0 Å². The lowest BCUT2D eigenvalue weighted by Crippen LogP contribution is -2.38. The molecule has 1 saturated heterocycles. The van der Waals surface area contributed by atoms with Gasteiger partial charge in [-0.1, -0.05) is 0 Å². The standard InChI is InChI=1S/C14H19N5O3S2/c1-7-8(2)17-18-14-10(7)11(15)12(23-14)13(20)16-9-4-5-19(6-9)24(3,21)22/h9H,4-6,15H2,1-3H3,(H,16,20)/t9-/m1/s1. The van der Waals surface area contributed by atoms with Crippen LogP contribution in [0.2, 0.25) is 0 Å². The van der Waals surface area contributed by atoms with Crippen LogP contribution in [0.25, 0.3) is 10.2 Å². The van der Waals surface area contributed by atoms with Crippen LogP contribution in [-0.2, 0) is 10.0 Å². The lowest BCUT2D eigenvalue weighted by molar-refractivity contribution is 0.0944. The Bertz CT molecular complexity index is 922. The van der Waals surface area contributed by atoms with Gasteiger partial charge in [0.25, 0.3) is 5.91 Å². The highest BCUT2D eigenvalue weighted by molar-refractivity contribution is 7.88. The van der Waals surface area contributed by atoms with Crippen LogP contribution in [0.5, 0.6) is 0 Å². The van der Waals surface area contributed by atoms with Crippen LogP contribution in [0, 0.1) is 13.8 Å². The molecule has 1 atom stereocenters. The molecular weight excluding hydrogens is 350 g/mol. The van der Waals surface area contributed by atoms with Crippen LogP contribution < -0.4 is 11.1 Å². The Hall–Kier alpha value is -1.78. The number of nitrogens with zero attached hydrogens (tertiary/aromatic N) is 3. The highest BCUT2D eigenvalue weighted by atomic mass is 32.2. The van der Waals surface area contributed by atoms with Crippen LogP contribution >= 0.6 is 11.3 Å². The molecule has 3 N–H and O–H groups in total. The molecule has 1 aliphatic rings. The lowest BCUT2D eigenvalue weighted by atomic mass is 10.1. The number of aryl methyl sites for hydroxylation is 2. The third-order valence-corrected chi connectivity index (χ3v) is 6.65. The summed E-state index contributed by atoms with van der Waals surface area (Å²) in [6.07, 6.45) is 1.76. The molecule has 3 rings (SSSR count). The quantitative estimate of drug-likeness (QED) is 0.820. The van der Waals surface area contributed by atoms with Crippen molar-refractivity contribution in [1.29, 1.82) is 0 Å². The number of nitrogen functional groups attached to an aromatic ring is 1. The first kappa shape index (κ1) is 17.1. The first-order valence-electron chi connectivity index (χ1n) is 7.46. The lowest BCUT2D eigenvalue weighted by Gasteiger charge is -2.14. The fourth-order valence-corrected chi connectivity index (χ4v) is 4.70. The molecule has 24 heavy (non-hydrogen) atoms. The molecule has 1 fully saturated rings. The number of nitrogens with one attached hydrogen (secondary N) is 1. The summed E-state index contributed by atoms with van der Waals surface area (Å²) in [6, 6.07) is -0.217. The van der Waals surface area contributed by atoms with E-state index < -0.39 is 10.0 Å². The number of rotatable bonds is 3. The molecule has 0 aliphatic carbocycles. The molecule has 0 unspecified atom stereocenters. The van der Waals surface area contributed by atoms with Gasteiger partial charge in [-0.15, -0.1) is 16.4 Å². The van der Waals surface area contributed by atoms with Crippen LogP contribution in [0.1, 0.15) is 27.3 Å². The highest BCUT2D eigenvalue weighted by Crippen LogP contribution is 2.34. The van der Waals surface area contributed by atoms with E-state index in [1.807, 2.05) is 13.8 Å². The molecule has 0 spiro atoms. The highest BCUT2D eigenvalue weighted by Gasteiger charge is 2.30. The minimum atomic E-state index is -3.23. The molecule has 1 aliphatic heterocycles. The van der Waals surface area contributed by atoms with Gasteiger partial charge in [-0.25, -0.2) is 12.7 Å². The minimum Gasteiger partial charge on any atom is -0.397 e. The molecule has 8 nitrogen and oxygen atoms in total. The number of fused-ring (bicyclic) bond motifs is 1. The largest absolute Gasteiger partial charge is 0.397 e. The Morgan fingerprint density at radius 1 is 1.38 bits per heavy atom. The molecule has 130 valence electrons. The van der Waals surface area contributed by atoms with Crippen molar-refractivity contribution in [3.8, 4) is 0 Å². The molecule has 0 radical (unpaired) electrons. The topological polar surface area (TPSA) is 118 Å². The number of thiophene rings is 1. The number of nitrogens with two attached hydrogens (primary N) is 1. The molecule has 0 bridgehead atoms. The van der Waals surface area contributed by atoms with Crippen LogP contribution in [0.15, 0.2) is 0 Å². The van der Waals surface area contributed by atoms with Gasteiger partial charge in [0.05, 0.1) is 17.6 Å². The number of anilines is 1. The van der Waals surface area contributed by atoms with Crippen molar-refractivity contribution in [2.24, 2.45) is 0 Å². The summed E-state index contributed by atoms with van der Waals surface area (Å²) >= 11 is 1.20. The van der Waals surface area contributed by atoms with Gasteiger partial charge in [-0.3, -0.25) is 4.79 Å². The minimum absolute atomic E-state index is 0.217. The van der Waals surface area contributed by atoms with Crippen LogP contribution in [0.3, 0.4) is 0 Å². The van der Waals surface area contributed by atoms with Gasteiger partial charge in [-0.05, 0) is 25.8 Å². The van der Waals surface area contributed by atoms with Crippen molar-refractivity contribution in [3.05, 3.63) is 16.1 Å². The van der Waals surface area contributed by atoms with Gasteiger partial charge < -0.3 is 11.1 Å². The SMILES string of the molecule is Cc1nnc2sc(C(=O)N[C@@H]3CCN(S(C)(=O)=O)C3)c(N)c2c1C. The van der Waals surface area contributed by atoms with E-state index in [2.05, 4.69) is 15.5 Å². The zero-order valence-electron chi connectivity index (χ0n) is 13.7. The number of carbonyl (C=O) groups excluding carboxylic acids is 1. The number of hydrogen-bond donors (Lipinski definition) is 2. The van der Waals surface area contributed by atoms with Gasteiger partial charge in [0.2, 0.25) is 10.0 Å². The number of aromatic nitrogens is 2. The van der Waals surface area contributed by atoms with E-state index in [1.165, 1.54) is 21.9 Å². The van der Waals surface area contributed by atoms with Crippen LogP contribution in [0.4, 0.5) is 5.69 Å². The van der Waals surface area contributed by atoms with E-state index in [-0.39, 0.29) is 18.5 Å². The van der Waals surface area contributed by atoms with Crippen molar-refractivity contribution >= 4 is 43.2 Å². The van der Waals surface area contributed by atoms with Crippen LogP contribution in [-0.4, -0.2) is 54.2 Å². The van der Waals surface area contributed by atoms with E-state index in [0.717, 1.165) is 16.6 Å². The fourth-order valence-electron chi connectivity index (χ4n) is 2.81. The average molecular weight is 369 g/mol. The van der Waals surface area contributed by atoms with Gasteiger partial charge in [-0.2, -0.15) is 5.10 Å². The maximum atomic E-state index is 12.5. The first-order chi connectivity index (χ1) is 11.2. The Morgan fingerprint density at radius 3 is 2.71 bits per heavy atom. The summed E-state index contributed by atoms with van der Waals surface area (Å²) in [5.74, 6) is -0.298. The van der Waals surface area contributed by atoms with E-state index in [9.17, 15) is 13.2 Å². The smallest absolute Gasteiger partial charge is 0.263 e. The van der Waals surface area contributed by atoms with Crippen molar-refractivity contribution in [1.82, 2.24) is 19.8 Å². The molecule has 0 aromatic carbocycles. The third-order valence-electron chi connectivity index (χ3n) is 4.30. The maximum absolute atomic E-state index is 12.5. The first-order valence-corrected chi connectivity index (χ1v) is 10.1. The molecular formula is C14H19N5O3S2. The molecule has 1 amide bonds. The number of carbonyl (C=O) groups is 1. The Labute approximate surface area is 144 Å². The zero-order chi connectivity index (χ0) is 17.6. The molecule has 2 aromatic heterocycles. The Morgan fingerprint density at radius 2 is 2.08 bits per heavy atom. The van der Waals surface area contributed by atoms with Gasteiger partial charge in [0.15, 0.2) is 0 Å². The maximum Gasteiger partial charge on any atom is 0.263 e. The van der Waals surface area contributed by atoms with Crippen molar-refractivity contribution < 1.29 is 13.2 Å². The normalized spacial score (nSPS) is 19.0. The summed E-state index contributed by atoms with van der Waals surface area (Å²) in [5, 5.41) is 11.8. The summed E-state index contributed by atoms with van der Waals surface area (Å²) in [5.41, 5.74) is 8.25. The second kappa shape index (κ2) is 5.94. The number of sulfonamides is 1. The Kier molecular flexibility index (Phi) is 4.22. The van der Waals surface area contributed by atoms with Crippen molar-refractivity contribution in [3.63, 3.8) is 0 Å². The van der Waals surface area contributed by atoms with E-state index in [1.54, 1.807) is 0 Å². The molecule has 10 heteroatoms. The fraction of sp³-hybridized carbons (Fsp3) is 0.500. The summed E-state index contributed by atoms with van der Waals surface area (Å²) < 4.78 is 24.5. The second-order valence-corrected chi connectivity index (χ2v) is 9.00. The van der Waals surface area contributed by atoms with Crippen molar-refractivity contribution in [2.75, 3.05) is 25.1 Å². The monoisotopic (exact) mass is 369 g/mol. The van der Waals surface area contributed by atoms with Crippen molar-refractivity contribution in [2.45, 2.75) is 26.3 Å². The zero-order valence-corrected chi connectivity index (χ0v) is 15.3. The van der Waals surface area contributed by atoms with E-state index >= 15 is 0 Å². The number of amides is 1.